The van der Waals surface area contributed by atoms with Gasteiger partial charge in [-0.2, -0.15) is 0 Å². The van der Waals surface area contributed by atoms with Crippen LogP contribution in [0.4, 0.5) is 0 Å². The van der Waals surface area contributed by atoms with E-state index in [9.17, 15) is 9.59 Å². The minimum Gasteiger partial charge on any atom is -0.465 e. The van der Waals surface area contributed by atoms with E-state index in [1.807, 2.05) is 0 Å². The maximum Gasteiger partial charge on any atom is 0.337 e. The minimum absolute atomic E-state index is 0.263. The zero-order valence-corrected chi connectivity index (χ0v) is 17.6. The Morgan fingerprint density at radius 2 is 1.83 bits per heavy atom. The Hall–Kier alpha value is -2.12. The van der Waals surface area contributed by atoms with Crippen LogP contribution in [0.2, 0.25) is 10.0 Å². The first-order valence-corrected chi connectivity index (χ1v) is 10.0. The quantitative estimate of drug-likeness (QED) is 0.701. The van der Waals surface area contributed by atoms with Gasteiger partial charge in [0.2, 0.25) is 0 Å². The van der Waals surface area contributed by atoms with E-state index in [1.165, 1.54) is 13.2 Å². The van der Waals surface area contributed by atoms with Crippen molar-refractivity contribution in [2.75, 3.05) is 46.5 Å². The van der Waals surface area contributed by atoms with Crippen LogP contribution in [0.15, 0.2) is 36.4 Å². The van der Waals surface area contributed by atoms with Crippen LogP contribution in [0.25, 0.3) is 11.1 Å². The Bertz CT molecular complexity index is 898. The average molecular weight is 437 g/mol. The summed E-state index contributed by atoms with van der Waals surface area (Å²) in [5.74, 6) is -0.809. The minimum atomic E-state index is -0.535. The van der Waals surface area contributed by atoms with Gasteiger partial charge < -0.3 is 14.8 Å². The number of benzene rings is 2. The highest BCUT2D eigenvalue weighted by Crippen LogP contribution is 2.32. The molecule has 8 heteroatoms. The van der Waals surface area contributed by atoms with E-state index in [0.717, 1.165) is 19.6 Å². The maximum absolute atomic E-state index is 12.7. The number of carbonyl (C=O) groups excluding carboxylic acids is 2. The van der Waals surface area contributed by atoms with Crippen LogP contribution in [0, 0.1) is 0 Å². The van der Waals surface area contributed by atoms with Crippen molar-refractivity contribution in [2.45, 2.75) is 0 Å². The molecule has 0 radical (unpaired) electrons. The number of esters is 1. The van der Waals surface area contributed by atoms with Gasteiger partial charge in [-0.1, -0.05) is 23.2 Å². The van der Waals surface area contributed by atoms with Crippen molar-refractivity contribution in [3.05, 3.63) is 57.6 Å². The van der Waals surface area contributed by atoms with E-state index in [4.69, 9.17) is 32.7 Å². The number of hydrogen-bond acceptors (Lipinski definition) is 5. The van der Waals surface area contributed by atoms with Gasteiger partial charge in [0, 0.05) is 47.4 Å². The van der Waals surface area contributed by atoms with Crippen LogP contribution < -0.4 is 5.32 Å². The number of morpholine rings is 1. The molecule has 154 valence electrons. The van der Waals surface area contributed by atoms with E-state index in [0.29, 0.717) is 46.5 Å². The predicted molar refractivity (Wildman–Crippen MR) is 113 cm³/mol. The highest BCUT2D eigenvalue weighted by Gasteiger charge is 2.16. The van der Waals surface area contributed by atoms with Crippen molar-refractivity contribution in [3.8, 4) is 11.1 Å². The summed E-state index contributed by atoms with van der Waals surface area (Å²) in [5.41, 5.74) is 1.85. The summed E-state index contributed by atoms with van der Waals surface area (Å²) in [6.07, 6.45) is 0. The van der Waals surface area contributed by atoms with Crippen molar-refractivity contribution in [1.29, 1.82) is 0 Å². The number of hydrogen-bond donors (Lipinski definition) is 1. The van der Waals surface area contributed by atoms with E-state index in [1.54, 1.807) is 30.3 Å². The Balaban J connectivity index is 1.82. The van der Waals surface area contributed by atoms with Crippen molar-refractivity contribution in [2.24, 2.45) is 0 Å². The topological polar surface area (TPSA) is 67.9 Å². The summed E-state index contributed by atoms with van der Waals surface area (Å²) in [7, 11) is 1.30. The van der Waals surface area contributed by atoms with E-state index in [2.05, 4.69) is 10.2 Å². The summed E-state index contributed by atoms with van der Waals surface area (Å²) in [4.78, 5) is 27.1. The van der Waals surface area contributed by atoms with Gasteiger partial charge in [0.05, 0.1) is 25.9 Å². The standard InChI is InChI=1S/C21H22Cl2N2O4/c1-28-21(27)16-11-14(18-13-17(22)2-3-19(18)23)10-15(12-16)20(26)24-4-5-25-6-8-29-9-7-25/h2-3,10-13H,4-9H2,1H3,(H,24,26). The second-order valence-corrected chi connectivity index (χ2v) is 7.47. The molecule has 6 nitrogen and oxygen atoms in total. The highest BCUT2D eigenvalue weighted by molar-refractivity contribution is 6.35. The lowest BCUT2D eigenvalue weighted by atomic mass is 9.99. The molecular weight excluding hydrogens is 415 g/mol. The molecule has 0 spiro atoms. The number of halogens is 2. The fourth-order valence-corrected chi connectivity index (χ4v) is 3.52. The predicted octanol–water partition coefficient (Wildman–Crippen LogP) is 3.51. The molecule has 1 amide bonds. The number of rotatable bonds is 6. The molecule has 0 saturated carbocycles. The maximum atomic E-state index is 12.7. The first-order valence-electron chi connectivity index (χ1n) is 9.25. The molecule has 0 aliphatic carbocycles. The van der Waals surface area contributed by atoms with Gasteiger partial charge >= 0.3 is 5.97 Å². The molecule has 1 aliphatic heterocycles. The van der Waals surface area contributed by atoms with Gasteiger partial charge in [-0.15, -0.1) is 0 Å². The fraction of sp³-hybridized carbons (Fsp3) is 0.333. The Kier molecular flexibility index (Phi) is 7.50. The van der Waals surface area contributed by atoms with Crippen molar-refractivity contribution in [3.63, 3.8) is 0 Å². The number of carbonyl (C=O) groups is 2. The molecule has 0 unspecified atom stereocenters. The van der Waals surface area contributed by atoms with E-state index in [-0.39, 0.29) is 11.5 Å². The largest absolute Gasteiger partial charge is 0.465 e. The van der Waals surface area contributed by atoms with Gasteiger partial charge in [0.1, 0.15) is 0 Å². The van der Waals surface area contributed by atoms with Crippen LogP contribution in [-0.2, 0) is 9.47 Å². The third kappa shape index (κ3) is 5.70. The average Bonchev–Trinajstić information content (AvgIpc) is 2.75. The van der Waals surface area contributed by atoms with Crippen LogP contribution in [-0.4, -0.2) is 63.3 Å². The third-order valence-corrected chi connectivity index (χ3v) is 5.24. The molecule has 0 aromatic heterocycles. The van der Waals surface area contributed by atoms with Crippen LogP contribution in [0.1, 0.15) is 20.7 Å². The zero-order valence-electron chi connectivity index (χ0n) is 16.0. The molecule has 1 aliphatic rings. The molecule has 0 atom stereocenters. The second kappa shape index (κ2) is 10.1. The number of methoxy groups -OCH3 is 1. The fourth-order valence-electron chi connectivity index (χ4n) is 3.12. The number of nitrogens with zero attached hydrogens (tertiary/aromatic N) is 1. The summed E-state index contributed by atoms with van der Waals surface area (Å²) < 4.78 is 10.2. The summed E-state index contributed by atoms with van der Waals surface area (Å²) >= 11 is 12.4. The molecular formula is C21H22Cl2N2O4. The normalized spacial score (nSPS) is 14.4. The lowest BCUT2D eigenvalue weighted by molar-refractivity contribution is 0.0383. The Labute approximate surface area is 179 Å². The van der Waals surface area contributed by atoms with Gasteiger partial charge in [-0.25, -0.2) is 4.79 Å². The molecule has 1 N–H and O–H groups in total. The van der Waals surface area contributed by atoms with E-state index >= 15 is 0 Å². The summed E-state index contributed by atoms with van der Waals surface area (Å²) in [6.45, 7) is 4.35. The molecule has 1 fully saturated rings. The van der Waals surface area contributed by atoms with Crippen molar-refractivity contribution >= 4 is 35.1 Å². The van der Waals surface area contributed by atoms with Crippen molar-refractivity contribution < 1.29 is 19.1 Å². The van der Waals surface area contributed by atoms with Crippen LogP contribution in [0.3, 0.4) is 0 Å². The van der Waals surface area contributed by atoms with Crippen LogP contribution in [0.5, 0.6) is 0 Å². The monoisotopic (exact) mass is 436 g/mol. The third-order valence-electron chi connectivity index (χ3n) is 4.67. The molecule has 1 heterocycles. The Morgan fingerprint density at radius 1 is 1.10 bits per heavy atom. The lowest BCUT2D eigenvalue weighted by Crippen LogP contribution is -2.41. The number of amides is 1. The molecule has 29 heavy (non-hydrogen) atoms. The lowest BCUT2D eigenvalue weighted by Gasteiger charge is -2.26. The first-order chi connectivity index (χ1) is 14.0. The Morgan fingerprint density at radius 3 is 2.55 bits per heavy atom. The highest BCUT2D eigenvalue weighted by atomic mass is 35.5. The molecule has 2 aromatic rings. The second-order valence-electron chi connectivity index (χ2n) is 6.62. The zero-order chi connectivity index (χ0) is 20.8. The number of nitrogens with one attached hydrogen (secondary N) is 1. The molecule has 2 aromatic carbocycles. The van der Waals surface area contributed by atoms with Gasteiger partial charge in [0.25, 0.3) is 5.91 Å². The molecule has 3 rings (SSSR count). The van der Waals surface area contributed by atoms with Gasteiger partial charge in [0.15, 0.2) is 0 Å². The van der Waals surface area contributed by atoms with Gasteiger partial charge in [-0.05, 0) is 42.0 Å². The number of ether oxygens (including phenoxy) is 2. The van der Waals surface area contributed by atoms with Crippen LogP contribution >= 0.6 is 23.2 Å². The van der Waals surface area contributed by atoms with Crippen molar-refractivity contribution in [1.82, 2.24) is 10.2 Å². The SMILES string of the molecule is COC(=O)c1cc(C(=O)NCCN2CCOCC2)cc(-c2cc(Cl)ccc2Cl)c1. The molecule has 0 bridgehead atoms. The first kappa shape index (κ1) is 21.6. The van der Waals surface area contributed by atoms with E-state index < -0.39 is 5.97 Å². The smallest absolute Gasteiger partial charge is 0.337 e. The summed E-state index contributed by atoms with van der Waals surface area (Å²) in [5, 5.41) is 3.87. The molecule has 1 saturated heterocycles. The summed E-state index contributed by atoms with van der Waals surface area (Å²) in [6, 6.07) is 9.88. The van der Waals surface area contributed by atoms with Gasteiger partial charge in [-0.3, -0.25) is 9.69 Å².